The number of nitrogens with one attached hydrogen (secondary N) is 1. The number of likely N-dealkylation sites (tertiary alicyclic amines) is 1. The summed E-state index contributed by atoms with van der Waals surface area (Å²) < 4.78 is 0. The first-order valence-corrected chi connectivity index (χ1v) is 5.22. The van der Waals surface area contributed by atoms with Crippen molar-refractivity contribution in [2.24, 2.45) is 5.92 Å². The summed E-state index contributed by atoms with van der Waals surface area (Å²) in [4.78, 5) is 13.5. The van der Waals surface area contributed by atoms with Crippen LogP contribution in [0.2, 0.25) is 0 Å². The van der Waals surface area contributed by atoms with Crippen molar-refractivity contribution in [3.63, 3.8) is 0 Å². The molecule has 1 aliphatic heterocycles. The molecule has 0 bridgehead atoms. The largest absolute Gasteiger partial charge is 0.341 e. The van der Waals surface area contributed by atoms with Gasteiger partial charge in [0.15, 0.2) is 0 Å². The van der Waals surface area contributed by atoms with Crippen LogP contribution >= 0.6 is 0 Å². The van der Waals surface area contributed by atoms with Crippen molar-refractivity contribution in [1.82, 2.24) is 10.2 Å². The summed E-state index contributed by atoms with van der Waals surface area (Å²) in [7, 11) is 0. The lowest BCUT2D eigenvalue weighted by Gasteiger charge is -2.15. The van der Waals surface area contributed by atoms with Crippen molar-refractivity contribution in [3.8, 4) is 0 Å². The van der Waals surface area contributed by atoms with E-state index in [4.69, 9.17) is 0 Å². The summed E-state index contributed by atoms with van der Waals surface area (Å²) in [5.41, 5.74) is 0. The average molecular weight is 184 g/mol. The van der Waals surface area contributed by atoms with Crippen LogP contribution in [0.4, 0.5) is 0 Å². The highest BCUT2D eigenvalue weighted by molar-refractivity contribution is 5.78. The Morgan fingerprint density at radius 2 is 2.38 bits per heavy atom. The zero-order chi connectivity index (χ0) is 9.68. The molecule has 0 spiro atoms. The van der Waals surface area contributed by atoms with Crippen molar-refractivity contribution in [2.75, 3.05) is 26.2 Å². The lowest BCUT2D eigenvalue weighted by molar-refractivity contribution is -0.129. The van der Waals surface area contributed by atoms with Crippen LogP contribution in [-0.2, 0) is 4.79 Å². The third-order valence-electron chi connectivity index (χ3n) is 2.48. The molecule has 0 aromatic carbocycles. The summed E-state index contributed by atoms with van der Waals surface area (Å²) in [6.07, 6.45) is 2.25. The van der Waals surface area contributed by atoms with E-state index >= 15 is 0 Å². The van der Waals surface area contributed by atoms with E-state index in [0.29, 0.717) is 12.5 Å². The Morgan fingerprint density at radius 1 is 1.62 bits per heavy atom. The van der Waals surface area contributed by atoms with Gasteiger partial charge in [-0.1, -0.05) is 13.8 Å². The van der Waals surface area contributed by atoms with Crippen molar-refractivity contribution < 1.29 is 4.79 Å². The minimum atomic E-state index is 0.262. The molecule has 1 atom stereocenters. The fourth-order valence-corrected chi connectivity index (χ4v) is 1.65. The predicted molar refractivity (Wildman–Crippen MR) is 53.5 cm³/mol. The standard InChI is InChI=1S/C10H20N2O/c1-3-5-11-7-10(13)12-6-4-9(2)8-12/h9,11H,3-8H2,1-2H3. The first-order chi connectivity index (χ1) is 6.24. The van der Waals surface area contributed by atoms with Crippen LogP contribution in [0.5, 0.6) is 0 Å². The van der Waals surface area contributed by atoms with Gasteiger partial charge < -0.3 is 10.2 Å². The van der Waals surface area contributed by atoms with Crippen molar-refractivity contribution in [3.05, 3.63) is 0 Å². The van der Waals surface area contributed by atoms with Gasteiger partial charge in [0.2, 0.25) is 5.91 Å². The van der Waals surface area contributed by atoms with E-state index in [1.165, 1.54) is 6.42 Å². The summed E-state index contributed by atoms with van der Waals surface area (Å²) in [6, 6.07) is 0. The van der Waals surface area contributed by atoms with E-state index in [2.05, 4.69) is 19.2 Å². The Balaban J connectivity index is 2.16. The van der Waals surface area contributed by atoms with Crippen LogP contribution in [-0.4, -0.2) is 37.0 Å². The van der Waals surface area contributed by atoms with Crippen LogP contribution in [0, 0.1) is 5.92 Å². The number of hydrogen-bond donors (Lipinski definition) is 1. The van der Waals surface area contributed by atoms with Gasteiger partial charge in [-0.15, -0.1) is 0 Å². The Morgan fingerprint density at radius 3 is 2.92 bits per heavy atom. The fourth-order valence-electron chi connectivity index (χ4n) is 1.65. The second kappa shape index (κ2) is 5.22. The molecule has 13 heavy (non-hydrogen) atoms. The number of amides is 1. The van der Waals surface area contributed by atoms with Gasteiger partial charge in [-0.2, -0.15) is 0 Å². The maximum Gasteiger partial charge on any atom is 0.236 e. The molecule has 3 heteroatoms. The Bertz CT molecular complexity index is 170. The molecule has 0 aromatic heterocycles. The van der Waals surface area contributed by atoms with E-state index in [0.717, 1.165) is 26.1 Å². The number of rotatable bonds is 4. The highest BCUT2D eigenvalue weighted by Crippen LogP contribution is 2.14. The number of hydrogen-bond acceptors (Lipinski definition) is 2. The van der Waals surface area contributed by atoms with E-state index in [-0.39, 0.29) is 5.91 Å². The predicted octanol–water partition coefficient (Wildman–Crippen LogP) is 0.854. The number of carbonyl (C=O) groups is 1. The number of nitrogens with zero attached hydrogens (tertiary/aromatic N) is 1. The fraction of sp³-hybridized carbons (Fsp3) is 0.900. The minimum Gasteiger partial charge on any atom is -0.341 e. The summed E-state index contributed by atoms with van der Waals surface area (Å²) >= 11 is 0. The van der Waals surface area contributed by atoms with Crippen molar-refractivity contribution in [2.45, 2.75) is 26.7 Å². The lowest BCUT2D eigenvalue weighted by Crippen LogP contribution is -2.36. The van der Waals surface area contributed by atoms with Gasteiger partial charge in [0.1, 0.15) is 0 Å². The van der Waals surface area contributed by atoms with E-state index < -0.39 is 0 Å². The molecule has 1 aliphatic rings. The quantitative estimate of drug-likeness (QED) is 0.657. The van der Waals surface area contributed by atoms with Gasteiger partial charge in [-0.25, -0.2) is 0 Å². The molecule has 1 fully saturated rings. The molecule has 0 aliphatic carbocycles. The first kappa shape index (κ1) is 10.5. The van der Waals surface area contributed by atoms with Gasteiger partial charge in [-0.3, -0.25) is 4.79 Å². The van der Waals surface area contributed by atoms with Crippen molar-refractivity contribution in [1.29, 1.82) is 0 Å². The highest BCUT2D eigenvalue weighted by Gasteiger charge is 2.22. The Hall–Kier alpha value is -0.570. The topological polar surface area (TPSA) is 32.3 Å². The van der Waals surface area contributed by atoms with Crippen LogP contribution in [0.25, 0.3) is 0 Å². The summed E-state index contributed by atoms with van der Waals surface area (Å²) in [5.74, 6) is 0.952. The third-order valence-corrected chi connectivity index (χ3v) is 2.48. The summed E-state index contributed by atoms with van der Waals surface area (Å²) in [6.45, 7) is 7.66. The minimum absolute atomic E-state index is 0.262. The van der Waals surface area contributed by atoms with Crippen LogP contribution in [0.15, 0.2) is 0 Å². The highest BCUT2D eigenvalue weighted by atomic mass is 16.2. The molecule has 1 saturated heterocycles. The monoisotopic (exact) mass is 184 g/mol. The van der Waals surface area contributed by atoms with Crippen molar-refractivity contribution >= 4 is 5.91 Å². The molecule has 0 saturated carbocycles. The van der Waals surface area contributed by atoms with Crippen LogP contribution in [0.3, 0.4) is 0 Å². The van der Waals surface area contributed by atoms with Gasteiger partial charge in [-0.05, 0) is 25.3 Å². The lowest BCUT2D eigenvalue weighted by atomic mass is 10.2. The molecule has 3 nitrogen and oxygen atoms in total. The zero-order valence-corrected chi connectivity index (χ0v) is 8.68. The summed E-state index contributed by atoms with van der Waals surface area (Å²) in [5, 5.41) is 3.14. The smallest absolute Gasteiger partial charge is 0.236 e. The Kier molecular flexibility index (Phi) is 4.22. The molecule has 1 N–H and O–H groups in total. The van der Waals surface area contributed by atoms with E-state index in [1.807, 2.05) is 4.90 Å². The maximum atomic E-state index is 11.5. The van der Waals surface area contributed by atoms with Gasteiger partial charge in [0.05, 0.1) is 6.54 Å². The van der Waals surface area contributed by atoms with Gasteiger partial charge in [0.25, 0.3) is 0 Å². The third kappa shape index (κ3) is 3.35. The molecule has 1 rings (SSSR count). The normalized spacial score (nSPS) is 22.3. The Labute approximate surface area is 80.5 Å². The molecule has 0 aromatic rings. The molecular weight excluding hydrogens is 164 g/mol. The molecule has 1 heterocycles. The van der Waals surface area contributed by atoms with E-state index in [1.54, 1.807) is 0 Å². The maximum absolute atomic E-state index is 11.5. The SMILES string of the molecule is CCCNCC(=O)N1CCC(C)C1. The molecular formula is C10H20N2O. The average Bonchev–Trinajstić information content (AvgIpc) is 2.52. The molecule has 0 radical (unpaired) electrons. The molecule has 76 valence electrons. The first-order valence-electron chi connectivity index (χ1n) is 5.22. The molecule has 1 amide bonds. The van der Waals surface area contributed by atoms with E-state index in [9.17, 15) is 4.79 Å². The molecule has 1 unspecified atom stereocenters. The van der Waals surface area contributed by atoms with Gasteiger partial charge >= 0.3 is 0 Å². The number of carbonyl (C=O) groups excluding carboxylic acids is 1. The zero-order valence-electron chi connectivity index (χ0n) is 8.68. The second-order valence-corrected chi connectivity index (χ2v) is 3.91. The van der Waals surface area contributed by atoms with Gasteiger partial charge in [0, 0.05) is 13.1 Å². The van der Waals surface area contributed by atoms with Crippen LogP contribution < -0.4 is 5.32 Å². The second-order valence-electron chi connectivity index (χ2n) is 3.91. The van der Waals surface area contributed by atoms with Crippen LogP contribution in [0.1, 0.15) is 26.7 Å².